The minimum Gasteiger partial charge on any atom is -0.293 e. The summed E-state index contributed by atoms with van der Waals surface area (Å²) in [7, 11) is 1.47. The topological polar surface area (TPSA) is 44.0 Å². The van der Waals surface area contributed by atoms with Gasteiger partial charge in [0, 0.05) is 7.05 Å². The molecule has 0 aliphatic heterocycles. The van der Waals surface area contributed by atoms with Crippen LogP contribution in [0.3, 0.4) is 0 Å². The highest BCUT2D eigenvalue weighted by molar-refractivity contribution is 5.79. The number of aryl methyl sites for hydroxylation is 2. The lowest BCUT2D eigenvalue weighted by Gasteiger charge is -2.14. The van der Waals surface area contributed by atoms with E-state index >= 15 is 0 Å². The smallest absolute Gasteiger partial charge is 0.293 e. The Morgan fingerprint density at radius 1 is 1.00 bits per heavy atom. The van der Waals surface area contributed by atoms with Crippen molar-refractivity contribution in [3.05, 3.63) is 74.2 Å². The van der Waals surface area contributed by atoms with Gasteiger partial charge in [-0.25, -0.2) is 13.8 Å². The molecule has 4 nitrogen and oxygen atoms in total. The second kappa shape index (κ2) is 4.94. The summed E-state index contributed by atoms with van der Waals surface area (Å²) in [4.78, 5) is 25.3. The summed E-state index contributed by atoms with van der Waals surface area (Å²) < 4.78 is 16.3. The molecule has 0 aliphatic rings. The molecule has 0 saturated carbocycles. The summed E-state index contributed by atoms with van der Waals surface area (Å²) in [6.07, 6.45) is 0. The first-order chi connectivity index (χ1) is 10.4. The van der Waals surface area contributed by atoms with Gasteiger partial charge in [0.2, 0.25) is 0 Å². The van der Waals surface area contributed by atoms with Gasteiger partial charge in [-0.05, 0) is 43.2 Å². The monoisotopic (exact) mass is 298 g/mol. The SMILES string of the molecule is Cc1cccc(-n2c(=O)c3cccc(F)c3n(C)c2=O)c1C. The van der Waals surface area contributed by atoms with E-state index in [0.717, 1.165) is 15.7 Å². The molecule has 0 bridgehead atoms. The summed E-state index contributed by atoms with van der Waals surface area (Å²) in [5, 5.41) is 0.183. The maximum Gasteiger partial charge on any atom is 0.335 e. The number of nitrogens with zero attached hydrogens (tertiary/aromatic N) is 2. The maximum atomic E-state index is 14.0. The van der Waals surface area contributed by atoms with Gasteiger partial charge in [0.05, 0.1) is 16.6 Å². The number of hydrogen-bond donors (Lipinski definition) is 0. The molecule has 0 spiro atoms. The minimum absolute atomic E-state index is 0.0269. The molecule has 1 heterocycles. The highest BCUT2D eigenvalue weighted by Crippen LogP contribution is 2.17. The zero-order valence-corrected chi connectivity index (χ0v) is 12.6. The fourth-order valence-corrected chi connectivity index (χ4v) is 2.67. The zero-order chi connectivity index (χ0) is 16.0. The lowest BCUT2D eigenvalue weighted by Crippen LogP contribution is -2.38. The largest absolute Gasteiger partial charge is 0.335 e. The van der Waals surface area contributed by atoms with E-state index in [1.165, 1.54) is 29.8 Å². The van der Waals surface area contributed by atoms with Crippen LogP contribution in [0.5, 0.6) is 0 Å². The molecule has 0 amide bonds. The molecule has 0 radical (unpaired) electrons. The third-order valence-electron chi connectivity index (χ3n) is 4.05. The average molecular weight is 298 g/mol. The Kier molecular flexibility index (Phi) is 3.20. The van der Waals surface area contributed by atoms with Crippen LogP contribution in [-0.4, -0.2) is 9.13 Å². The quantitative estimate of drug-likeness (QED) is 0.692. The lowest BCUT2D eigenvalue weighted by atomic mass is 10.1. The minimum atomic E-state index is -0.581. The zero-order valence-electron chi connectivity index (χ0n) is 12.6. The molecule has 0 unspecified atom stereocenters. The molecule has 0 atom stereocenters. The Bertz CT molecular complexity index is 1020. The van der Waals surface area contributed by atoms with Gasteiger partial charge >= 0.3 is 5.69 Å². The number of para-hydroxylation sites is 1. The fourth-order valence-electron chi connectivity index (χ4n) is 2.67. The highest BCUT2D eigenvalue weighted by atomic mass is 19.1. The third-order valence-corrected chi connectivity index (χ3v) is 4.05. The predicted octanol–water partition coefficient (Wildman–Crippen LogP) is 2.45. The standard InChI is InChI=1S/C17H15FN2O2/c1-10-6-4-9-14(11(10)2)20-16(21)12-7-5-8-13(18)15(12)19(3)17(20)22/h4-9H,1-3H3. The van der Waals surface area contributed by atoms with Crippen molar-refractivity contribution in [3.63, 3.8) is 0 Å². The molecule has 0 N–H and O–H groups in total. The van der Waals surface area contributed by atoms with Crippen LogP contribution in [0.25, 0.3) is 16.6 Å². The molecule has 1 aromatic heterocycles. The molecular weight excluding hydrogens is 283 g/mol. The van der Waals surface area contributed by atoms with Crippen molar-refractivity contribution in [1.82, 2.24) is 9.13 Å². The lowest BCUT2D eigenvalue weighted by molar-refractivity contribution is 0.624. The molecule has 22 heavy (non-hydrogen) atoms. The van der Waals surface area contributed by atoms with Crippen molar-refractivity contribution in [3.8, 4) is 5.69 Å². The molecule has 0 aliphatic carbocycles. The molecular formula is C17H15FN2O2. The molecule has 112 valence electrons. The summed E-state index contributed by atoms with van der Waals surface area (Å²) in [5.41, 5.74) is 1.31. The Hall–Kier alpha value is -2.69. The van der Waals surface area contributed by atoms with Gasteiger partial charge in [-0.15, -0.1) is 0 Å². The van der Waals surface area contributed by atoms with Crippen LogP contribution in [-0.2, 0) is 7.05 Å². The van der Waals surface area contributed by atoms with E-state index in [4.69, 9.17) is 0 Å². The first kappa shape index (κ1) is 14.3. The van der Waals surface area contributed by atoms with Crippen LogP contribution < -0.4 is 11.2 Å². The molecule has 2 aromatic carbocycles. The van der Waals surface area contributed by atoms with Crippen molar-refractivity contribution in [1.29, 1.82) is 0 Å². The van der Waals surface area contributed by atoms with E-state index < -0.39 is 17.1 Å². The Morgan fingerprint density at radius 3 is 2.41 bits per heavy atom. The number of benzene rings is 2. The van der Waals surface area contributed by atoms with Crippen LogP contribution in [0.4, 0.5) is 4.39 Å². The second-order valence-electron chi connectivity index (χ2n) is 5.34. The Balaban J connectivity index is 2.55. The van der Waals surface area contributed by atoms with Crippen molar-refractivity contribution < 1.29 is 4.39 Å². The van der Waals surface area contributed by atoms with E-state index in [-0.39, 0.29) is 10.9 Å². The highest BCUT2D eigenvalue weighted by Gasteiger charge is 2.16. The van der Waals surface area contributed by atoms with E-state index in [2.05, 4.69) is 0 Å². The average Bonchev–Trinajstić information content (AvgIpc) is 2.49. The van der Waals surface area contributed by atoms with E-state index in [9.17, 15) is 14.0 Å². The second-order valence-corrected chi connectivity index (χ2v) is 5.34. The van der Waals surface area contributed by atoms with Gasteiger partial charge < -0.3 is 0 Å². The van der Waals surface area contributed by atoms with Crippen LogP contribution in [0, 0.1) is 19.7 Å². The summed E-state index contributed by atoms with van der Waals surface area (Å²) >= 11 is 0. The summed E-state index contributed by atoms with van der Waals surface area (Å²) in [5.74, 6) is -0.581. The molecule has 5 heteroatoms. The third kappa shape index (κ3) is 1.89. The van der Waals surface area contributed by atoms with Gasteiger partial charge in [0.15, 0.2) is 0 Å². The number of halogens is 1. The molecule has 3 aromatic rings. The van der Waals surface area contributed by atoms with Crippen LogP contribution in [0.15, 0.2) is 46.0 Å². The van der Waals surface area contributed by atoms with Crippen molar-refractivity contribution >= 4 is 10.9 Å². The van der Waals surface area contributed by atoms with Gasteiger partial charge in [-0.1, -0.05) is 18.2 Å². The molecule has 0 saturated heterocycles. The molecule has 3 rings (SSSR count). The van der Waals surface area contributed by atoms with E-state index in [0.29, 0.717) is 5.69 Å². The Labute approximate surface area is 126 Å². The van der Waals surface area contributed by atoms with Crippen LogP contribution in [0.2, 0.25) is 0 Å². The van der Waals surface area contributed by atoms with Gasteiger partial charge in [0.25, 0.3) is 5.56 Å². The van der Waals surface area contributed by atoms with Gasteiger partial charge in [0.1, 0.15) is 5.82 Å². The first-order valence-electron chi connectivity index (χ1n) is 6.90. The number of fused-ring (bicyclic) bond motifs is 1. The number of aromatic nitrogens is 2. The van der Waals surface area contributed by atoms with Gasteiger partial charge in [-0.3, -0.25) is 9.36 Å². The van der Waals surface area contributed by atoms with Crippen molar-refractivity contribution in [2.45, 2.75) is 13.8 Å². The number of rotatable bonds is 1. The normalized spacial score (nSPS) is 11.1. The van der Waals surface area contributed by atoms with Crippen LogP contribution >= 0.6 is 0 Å². The van der Waals surface area contributed by atoms with Crippen molar-refractivity contribution in [2.75, 3.05) is 0 Å². The van der Waals surface area contributed by atoms with Crippen LogP contribution in [0.1, 0.15) is 11.1 Å². The predicted molar refractivity (Wildman–Crippen MR) is 84.2 cm³/mol. The maximum absolute atomic E-state index is 14.0. The van der Waals surface area contributed by atoms with E-state index in [1.807, 2.05) is 19.9 Å². The van der Waals surface area contributed by atoms with Gasteiger partial charge in [-0.2, -0.15) is 0 Å². The summed E-state index contributed by atoms with van der Waals surface area (Å²) in [6, 6.07) is 9.66. The first-order valence-corrected chi connectivity index (χ1v) is 6.90. The molecule has 0 fully saturated rings. The van der Waals surface area contributed by atoms with E-state index in [1.54, 1.807) is 12.1 Å². The Morgan fingerprint density at radius 2 is 1.68 bits per heavy atom. The summed E-state index contributed by atoms with van der Waals surface area (Å²) in [6.45, 7) is 3.77. The number of hydrogen-bond acceptors (Lipinski definition) is 2. The van der Waals surface area contributed by atoms with Crippen molar-refractivity contribution in [2.24, 2.45) is 7.05 Å². The fraction of sp³-hybridized carbons (Fsp3) is 0.176.